The van der Waals surface area contributed by atoms with Crippen LogP contribution < -0.4 is 5.32 Å². The summed E-state index contributed by atoms with van der Waals surface area (Å²) in [5, 5.41) is 15.9. The van der Waals surface area contributed by atoms with E-state index in [9.17, 15) is 0 Å². The monoisotopic (exact) mass is 239 g/mol. The van der Waals surface area contributed by atoms with Gasteiger partial charge in [0.15, 0.2) is 5.82 Å². The molecule has 2 heterocycles. The number of fused-ring (bicyclic) bond motifs is 1. The molecule has 5 heteroatoms. The number of hydrogen-bond donors (Lipinski definition) is 1. The van der Waals surface area contributed by atoms with E-state index in [0.717, 1.165) is 28.4 Å². The van der Waals surface area contributed by atoms with Gasteiger partial charge < -0.3 is 5.32 Å². The zero-order chi connectivity index (χ0) is 12.5. The highest BCUT2D eigenvalue weighted by atomic mass is 15.4. The number of rotatable bonds is 2. The lowest BCUT2D eigenvalue weighted by Gasteiger charge is -2.06. The first kappa shape index (κ1) is 10.7. The molecule has 0 amide bonds. The van der Waals surface area contributed by atoms with Crippen molar-refractivity contribution in [2.24, 2.45) is 0 Å². The van der Waals surface area contributed by atoms with Gasteiger partial charge in [0.1, 0.15) is 0 Å². The smallest absolute Gasteiger partial charge is 0.200 e. The van der Waals surface area contributed by atoms with Gasteiger partial charge >= 0.3 is 0 Å². The Labute approximate surface area is 104 Å². The maximum atomic E-state index is 4.57. The van der Waals surface area contributed by atoms with Gasteiger partial charge in [-0.15, -0.1) is 10.2 Å². The van der Waals surface area contributed by atoms with Crippen LogP contribution in [-0.2, 0) is 0 Å². The molecule has 1 aromatic carbocycles. The van der Waals surface area contributed by atoms with Gasteiger partial charge in [-0.1, -0.05) is 30.3 Å². The molecule has 0 atom stereocenters. The van der Waals surface area contributed by atoms with E-state index in [1.165, 1.54) is 0 Å². The number of aromatic nitrogens is 4. The van der Waals surface area contributed by atoms with Gasteiger partial charge in [0.25, 0.3) is 0 Å². The number of nitrogens with one attached hydrogen (secondary N) is 1. The third-order valence-corrected chi connectivity index (χ3v) is 2.87. The SMILES string of the molecule is CNc1cc(-c2ccccc2)nn2c(C)nnc12. The molecular weight excluding hydrogens is 226 g/mol. The lowest BCUT2D eigenvalue weighted by molar-refractivity contribution is 0.880. The van der Waals surface area contributed by atoms with Crippen LogP contribution in [0.2, 0.25) is 0 Å². The highest BCUT2D eigenvalue weighted by Crippen LogP contribution is 2.22. The van der Waals surface area contributed by atoms with Gasteiger partial charge in [0, 0.05) is 12.6 Å². The van der Waals surface area contributed by atoms with E-state index < -0.39 is 0 Å². The zero-order valence-corrected chi connectivity index (χ0v) is 10.3. The van der Waals surface area contributed by atoms with Gasteiger partial charge in [0.05, 0.1) is 11.4 Å². The number of nitrogens with zero attached hydrogens (tertiary/aromatic N) is 4. The van der Waals surface area contributed by atoms with Crippen molar-refractivity contribution >= 4 is 11.3 Å². The molecule has 0 unspecified atom stereocenters. The summed E-state index contributed by atoms with van der Waals surface area (Å²) in [7, 11) is 1.87. The predicted molar refractivity (Wildman–Crippen MR) is 70.5 cm³/mol. The molecule has 0 aliphatic heterocycles. The summed E-state index contributed by atoms with van der Waals surface area (Å²) < 4.78 is 1.76. The second-order valence-corrected chi connectivity index (χ2v) is 4.04. The Morgan fingerprint density at radius 2 is 1.89 bits per heavy atom. The molecule has 3 rings (SSSR count). The summed E-state index contributed by atoms with van der Waals surface area (Å²) in [4.78, 5) is 0. The van der Waals surface area contributed by atoms with Crippen LogP contribution in [0.4, 0.5) is 5.69 Å². The quantitative estimate of drug-likeness (QED) is 0.744. The van der Waals surface area contributed by atoms with E-state index in [2.05, 4.69) is 20.6 Å². The molecule has 0 aliphatic carbocycles. The Morgan fingerprint density at radius 1 is 1.11 bits per heavy atom. The Bertz CT molecular complexity index is 687. The molecule has 0 bridgehead atoms. The Hall–Kier alpha value is -2.43. The second kappa shape index (κ2) is 4.10. The van der Waals surface area contributed by atoms with Gasteiger partial charge in [0.2, 0.25) is 5.65 Å². The van der Waals surface area contributed by atoms with Crippen LogP contribution in [0.25, 0.3) is 16.9 Å². The third-order valence-electron chi connectivity index (χ3n) is 2.87. The van der Waals surface area contributed by atoms with Crippen molar-refractivity contribution in [3.8, 4) is 11.3 Å². The van der Waals surface area contributed by atoms with E-state index in [-0.39, 0.29) is 0 Å². The summed E-state index contributed by atoms with van der Waals surface area (Å²) in [5.74, 6) is 0.777. The predicted octanol–water partition coefficient (Wildman–Crippen LogP) is 2.14. The molecule has 2 aromatic heterocycles. The lowest BCUT2D eigenvalue weighted by Crippen LogP contribution is -2.01. The molecule has 90 valence electrons. The number of aryl methyl sites for hydroxylation is 1. The van der Waals surface area contributed by atoms with Crippen LogP contribution in [-0.4, -0.2) is 26.9 Å². The van der Waals surface area contributed by atoms with Crippen molar-refractivity contribution in [2.75, 3.05) is 12.4 Å². The van der Waals surface area contributed by atoms with Crippen LogP contribution in [0.1, 0.15) is 5.82 Å². The number of anilines is 1. The molecule has 18 heavy (non-hydrogen) atoms. The molecule has 0 saturated carbocycles. The first-order valence-corrected chi connectivity index (χ1v) is 5.76. The second-order valence-electron chi connectivity index (χ2n) is 4.04. The van der Waals surface area contributed by atoms with Gasteiger partial charge in [-0.25, -0.2) is 0 Å². The summed E-state index contributed by atoms with van der Waals surface area (Å²) in [6, 6.07) is 12.0. The van der Waals surface area contributed by atoms with Crippen molar-refractivity contribution in [2.45, 2.75) is 6.92 Å². The highest BCUT2D eigenvalue weighted by Gasteiger charge is 2.10. The van der Waals surface area contributed by atoms with Crippen molar-refractivity contribution in [1.29, 1.82) is 0 Å². The minimum absolute atomic E-state index is 0.745. The van der Waals surface area contributed by atoms with E-state index >= 15 is 0 Å². The average Bonchev–Trinajstić information content (AvgIpc) is 2.81. The molecule has 3 aromatic rings. The summed E-state index contributed by atoms with van der Waals surface area (Å²) in [6.07, 6.45) is 0. The maximum absolute atomic E-state index is 4.57. The summed E-state index contributed by atoms with van der Waals surface area (Å²) >= 11 is 0. The number of hydrogen-bond acceptors (Lipinski definition) is 4. The molecule has 0 spiro atoms. The molecule has 0 fully saturated rings. The fourth-order valence-electron chi connectivity index (χ4n) is 1.92. The maximum Gasteiger partial charge on any atom is 0.200 e. The van der Waals surface area contributed by atoms with Crippen LogP contribution in [0.3, 0.4) is 0 Å². The molecular formula is C13H13N5. The normalized spacial score (nSPS) is 10.8. The summed E-state index contributed by atoms with van der Waals surface area (Å²) in [6.45, 7) is 1.89. The Kier molecular flexibility index (Phi) is 2.44. The zero-order valence-electron chi connectivity index (χ0n) is 10.3. The first-order chi connectivity index (χ1) is 8.79. The van der Waals surface area contributed by atoms with Crippen LogP contribution in [0, 0.1) is 6.92 Å². The lowest BCUT2D eigenvalue weighted by atomic mass is 10.1. The van der Waals surface area contributed by atoms with Crippen molar-refractivity contribution in [3.05, 3.63) is 42.2 Å². The highest BCUT2D eigenvalue weighted by molar-refractivity contribution is 5.73. The van der Waals surface area contributed by atoms with Crippen LogP contribution in [0.15, 0.2) is 36.4 Å². The van der Waals surface area contributed by atoms with Gasteiger partial charge in [-0.05, 0) is 13.0 Å². The molecule has 1 N–H and O–H groups in total. The number of benzene rings is 1. The standard InChI is InChI=1S/C13H13N5/c1-9-15-16-13-12(14-2)8-11(17-18(9)13)10-6-4-3-5-7-10/h3-8,14H,1-2H3. The molecule has 5 nitrogen and oxygen atoms in total. The fourth-order valence-corrected chi connectivity index (χ4v) is 1.92. The van der Waals surface area contributed by atoms with Crippen molar-refractivity contribution < 1.29 is 0 Å². The fraction of sp³-hybridized carbons (Fsp3) is 0.154. The average molecular weight is 239 g/mol. The van der Waals surface area contributed by atoms with Crippen molar-refractivity contribution in [3.63, 3.8) is 0 Å². The van der Waals surface area contributed by atoms with Crippen molar-refractivity contribution in [1.82, 2.24) is 19.8 Å². The van der Waals surface area contributed by atoms with Crippen LogP contribution >= 0.6 is 0 Å². The topological polar surface area (TPSA) is 55.1 Å². The van der Waals surface area contributed by atoms with Gasteiger partial charge in [-0.3, -0.25) is 0 Å². The first-order valence-electron chi connectivity index (χ1n) is 5.76. The van der Waals surface area contributed by atoms with E-state index in [0.29, 0.717) is 0 Å². The van der Waals surface area contributed by atoms with Gasteiger partial charge in [-0.2, -0.15) is 9.61 Å². The summed E-state index contributed by atoms with van der Waals surface area (Å²) in [5.41, 5.74) is 3.64. The largest absolute Gasteiger partial charge is 0.385 e. The Morgan fingerprint density at radius 3 is 2.61 bits per heavy atom. The molecule has 0 radical (unpaired) electrons. The molecule has 0 aliphatic rings. The van der Waals surface area contributed by atoms with E-state index in [4.69, 9.17) is 0 Å². The molecule has 0 saturated heterocycles. The Balaban J connectivity index is 2.28. The van der Waals surface area contributed by atoms with Crippen LogP contribution in [0.5, 0.6) is 0 Å². The van der Waals surface area contributed by atoms with E-state index in [1.54, 1.807) is 4.52 Å². The minimum Gasteiger partial charge on any atom is -0.385 e. The minimum atomic E-state index is 0.745. The third kappa shape index (κ3) is 1.60. The van der Waals surface area contributed by atoms with E-state index in [1.807, 2.05) is 50.4 Å².